The van der Waals surface area contributed by atoms with Crippen molar-refractivity contribution in [1.29, 1.82) is 5.39 Å². The van der Waals surface area contributed by atoms with Crippen LogP contribution in [0.2, 0.25) is 0 Å². The van der Waals surface area contributed by atoms with E-state index in [2.05, 4.69) is 23.2 Å². The normalized spacial score (nSPS) is 10.9. The highest BCUT2D eigenvalue weighted by Gasteiger charge is 2.25. The molecule has 0 atom stereocenters. The minimum atomic E-state index is 0. The molecule has 0 unspecified atom stereocenters. The van der Waals surface area contributed by atoms with Gasteiger partial charge in [-0.3, -0.25) is 0 Å². The molecule has 0 aromatic heterocycles. The van der Waals surface area contributed by atoms with Gasteiger partial charge in [-0.15, -0.1) is 0 Å². The van der Waals surface area contributed by atoms with Crippen molar-refractivity contribution in [2.75, 3.05) is 0 Å². The van der Waals surface area contributed by atoms with E-state index in [4.69, 9.17) is 5.39 Å². The van der Waals surface area contributed by atoms with Gasteiger partial charge in [-0.25, -0.2) is 0 Å². The van der Waals surface area contributed by atoms with Gasteiger partial charge in [0.1, 0.15) is 0 Å². The third kappa shape index (κ3) is 1.37. The molecular formula is C13H9ClN2. The number of halogens is 1. The average Bonchev–Trinajstić information content (AvgIpc) is 2.67. The predicted molar refractivity (Wildman–Crippen MR) is 59.4 cm³/mol. The van der Waals surface area contributed by atoms with E-state index >= 15 is 0 Å². The fourth-order valence-electron chi connectivity index (χ4n) is 2.23. The molecular weight excluding hydrogens is 220 g/mol. The first-order valence-electron chi connectivity index (χ1n) is 4.95. The van der Waals surface area contributed by atoms with Crippen LogP contribution in [0.1, 0.15) is 11.1 Å². The lowest BCUT2D eigenvalue weighted by Crippen LogP contribution is -3.00. The lowest BCUT2D eigenvalue weighted by molar-refractivity contribution is -0.00000312. The largest absolute Gasteiger partial charge is 1.00 e. The zero-order valence-electron chi connectivity index (χ0n) is 8.52. The van der Waals surface area contributed by atoms with Crippen molar-refractivity contribution in [2.45, 2.75) is 6.42 Å². The third-order valence-electron chi connectivity index (χ3n) is 2.93. The fourth-order valence-corrected chi connectivity index (χ4v) is 2.23. The van der Waals surface area contributed by atoms with Gasteiger partial charge in [-0.1, -0.05) is 36.4 Å². The summed E-state index contributed by atoms with van der Waals surface area (Å²) in [7, 11) is 0. The molecule has 0 saturated heterocycles. The van der Waals surface area contributed by atoms with Gasteiger partial charge in [0.25, 0.3) is 0 Å². The van der Waals surface area contributed by atoms with Crippen LogP contribution in [0, 0.1) is 5.39 Å². The molecule has 0 N–H and O–H groups in total. The van der Waals surface area contributed by atoms with Crippen LogP contribution in [-0.4, -0.2) is 0 Å². The van der Waals surface area contributed by atoms with Gasteiger partial charge < -0.3 is 12.4 Å². The van der Waals surface area contributed by atoms with Gasteiger partial charge in [0.15, 0.2) is 4.98 Å². The Hall–Kier alpha value is -1.85. The van der Waals surface area contributed by atoms with Gasteiger partial charge in [0, 0.05) is 12.5 Å². The van der Waals surface area contributed by atoms with Crippen molar-refractivity contribution in [3.63, 3.8) is 0 Å². The van der Waals surface area contributed by atoms with E-state index < -0.39 is 0 Å². The van der Waals surface area contributed by atoms with Gasteiger partial charge in [-0.05, 0) is 16.7 Å². The molecule has 0 spiro atoms. The first kappa shape index (κ1) is 10.7. The van der Waals surface area contributed by atoms with Gasteiger partial charge in [-0.2, -0.15) is 0 Å². The molecule has 0 radical (unpaired) electrons. The molecule has 2 nitrogen and oxygen atoms in total. The van der Waals surface area contributed by atoms with E-state index in [0.29, 0.717) is 5.69 Å². The quantitative estimate of drug-likeness (QED) is 0.522. The van der Waals surface area contributed by atoms with Crippen molar-refractivity contribution in [3.05, 3.63) is 58.6 Å². The minimum absolute atomic E-state index is 0. The second-order valence-electron chi connectivity index (χ2n) is 3.74. The molecule has 0 saturated carbocycles. The molecule has 3 rings (SSSR count). The van der Waals surface area contributed by atoms with Crippen molar-refractivity contribution < 1.29 is 12.4 Å². The number of nitrogens with zero attached hydrogens (tertiary/aromatic N) is 2. The highest BCUT2D eigenvalue weighted by molar-refractivity contribution is 5.82. The number of benzene rings is 2. The summed E-state index contributed by atoms with van der Waals surface area (Å²) in [5.74, 6) is 0. The molecule has 2 aromatic rings. The van der Waals surface area contributed by atoms with Crippen LogP contribution in [0.3, 0.4) is 0 Å². The van der Waals surface area contributed by atoms with E-state index in [9.17, 15) is 0 Å². The number of hydrogen-bond acceptors (Lipinski definition) is 1. The van der Waals surface area contributed by atoms with Crippen LogP contribution in [0.25, 0.3) is 16.1 Å². The molecule has 0 aliphatic heterocycles. The zero-order valence-corrected chi connectivity index (χ0v) is 9.28. The van der Waals surface area contributed by atoms with Crippen molar-refractivity contribution in [3.8, 4) is 11.1 Å². The predicted octanol–water partition coefficient (Wildman–Crippen LogP) is 0.746. The highest BCUT2D eigenvalue weighted by Crippen LogP contribution is 2.40. The summed E-state index contributed by atoms with van der Waals surface area (Å²) in [4.78, 5) is 3.33. The van der Waals surface area contributed by atoms with E-state index in [1.54, 1.807) is 0 Å². The van der Waals surface area contributed by atoms with Crippen molar-refractivity contribution >= 4 is 5.69 Å². The van der Waals surface area contributed by atoms with E-state index in [1.807, 2.05) is 24.3 Å². The molecule has 1 aliphatic carbocycles. The second kappa shape index (κ2) is 3.96. The maximum absolute atomic E-state index is 8.91. The summed E-state index contributed by atoms with van der Waals surface area (Å²) in [5.41, 5.74) is 5.58. The van der Waals surface area contributed by atoms with Crippen molar-refractivity contribution in [2.24, 2.45) is 0 Å². The Morgan fingerprint density at radius 1 is 0.938 bits per heavy atom. The Morgan fingerprint density at radius 3 is 2.50 bits per heavy atom. The second-order valence-corrected chi connectivity index (χ2v) is 3.74. The molecule has 16 heavy (non-hydrogen) atoms. The molecule has 3 heteroatoms. The van der Waals surface area contributed by atoms with Crippen LogP contribution in [0.15, 0.2) is 42.5 Å². The highest BCUT2D eigenvalue weighted by atomic mass is 35.5. The molecule has 0 bridgehead atoms. The molecule has 0 heterocycles. The minimum Gasteiger partial charge on any atom is -1.00 e. The lowest BCUT2D eigenvalue weighted by atomic mass is 10.1. The molecule has 0 fully saturated rings. The monoisotopic (exact) mass is 228 g/mol. The van der Waals surface area contributed by atoms with Crippen LogP contribution in [-0.2, 0) is 6.42 Å². The van der Waals surface area contributed by atoms with Gasteiger partial charge in [0.05, 0.1) is 5.56 Å². The SMILES string of the molecule is N#[N+]c1cccc2c1Cc1ccccc1-2.[Cl-]. The van der Waals surface area contributed by atoms with Crippen LogP contribution in [0.4, 0.5) is 5.69 Å². The molecule has 0 amide bonds. The molecule has 1 aliphatic rings. The first-order valence-corrected chi connectivity index (χ1v) is 4.95. The van der Waals surface area contributed by atoms with Crippen LogP contribution in [0.5, 0.6) is 0 Å². The van der Waals surface area contributed by atoms with Crippen LogP contribution >= 0.6 is 0 Å². The van der Waals surface area contributed by atoms with E-state index in [-0.39, 0.29) is 12.4 Å². The maximum Gasteiger partial charge on any atom is 0.389 e. The van der Waals surface area contributed by atoms with Crippen molar-refractivity contribution in [1.82, 2.24) is 0 Å². The Kier molecular flexibility index (Phi) is 2.64. The summed E-state index contributed by atoms with van der Waals surface area (Å²) < 4.78 is 0. The first-order chi connectivity index (χ1) is 7.40. The van der Waals surface area contributed by atoms with E-state index in [0.717, 1.165) is 12.0 Å². The lowest BCUT2D eigenvalue weighted by Gasteiger charge is -1.97. The Balaban J connectivity index is 0.000000963. The summed E-state index contributed by atoms with van der Waals surface area (Å²) in [6.07, 6.45) is 0.867. The number of hydrogen-bond donors (Lipinski definition) is 0. The summed E-state index contributed by atoms with van der Waals surface area (Å²) in [5, 5.41) is 8.91. The molecule has 78 valence electrons. The summed E-state index contributed by atoms with van der Waals surface area (Å²) in [6, 6.07) is 14.2. The third-order valence-corrected chi connectivity index (χ3v) is 2.93. The topological polar surface area (TPSA) is 28.1 Å². The fraction of sp³-hybridized carbons (Fsp3) is 0.0769. The summed E-state index contributed by atoms with van der Waals surface area (Å²) >= 11 is 0. The maximum atomic E-state index is 8.91. The number of diazo groups is 1. The van der Waals surface area contributed by atoms with Crippen LogP contribution < -0.4 is 12.4 Å². The number of fused-ring (bicyclic) bond motifs is 3. The Bertz CT molecular complexity index is 585. The van der Waals surface area contributed by atoms with Gasteiger partial charge >= 0.3 is 5.69 Å². The standard InChI is InChI=1S/C13H9N2.ClH/c14-15-13-7-3-6-11-10-5-2-1-4-9(10)8-12(11)13;/h1-7H,8H2;1H/q+1;/p-1. The van der Waals surface area contributed by atoms with E-state index in [1.165, 1.54) is 16.7 Å². The Morgan fingerprint density at radius 2 is 1.69 bits per heavy atom. The summed E-state index contributed by atoms with van der Waals surface area (Å²) in [6.45, 7) is 0. The Labute approximate surface area is 100.0 Å². The average molecular weight is 229 g/mol. The number of rotatable bonds is 0. The smallest absolute Gasteiger partial charge is 0.389 e. The molecule has 2 aromatic carbocycles. The zero-order chi connectivity index (χ0) is 10.3. The van der Waals surface area contributed by atoms with Gasteiger partial charge in [0.2, 0.25) is 5.39 Å².